The van der Waals surface area contributed by atoms with Crippen LogP contribution in [-0.2, 0) is 14.3 Å². The Morgan fingerprint density at radius 2 is 1.97 bits per heavy atom. The highest BCUT2D eigenvalue weighted by atomic mass is 79.9. The number of halogens is 1. The van der Waals surface area contributed by atoms with E-state index < -0.39 is 17.8 Å². The maximum atomic E-state index is 13.0. The fourth-order valence-electron chi connectivity index (χ4n) is 3.06. The molecular formula is C23H21BrN2O7. The molecule has 0 fully saturated rings. The molecule has 1 heterocycles. The van der Waals surface area contributed by atoms with E-state index in [4.69, 9.17) is 14.2 Å². The van der Waals surface area contributed by atoms with E-state index in [9.17, 15) is 19.5 Å². The number of benzene rings is 2. The lowest BCUT2D eigenvalue weighted by Gasteiger charge is -2.13. The van der Waals surface area contributed by atoms with Crippen LogP contribution in [0.3, 0.4) is 0 Å². The molecule has 172 valence electrons. The number of carboxylic acids is 1. The minimum atomic E-state index is -1.10. The number of hydrogen-bond acceptors (Lipinski definition) is 7. The number of rotatable bonds is 8. The lowest BCUT2D eigenvalue weighted by Crippen LogP contribution is -2.21. The van der Waals surface area contributed by atoms with Gasteiger partial charge in [0.15, 0.2) is 18.1 Å². The summed E-state index contributed by atoms with van der Waals surface area (Å²) in [5.41, 5.74) is 1.82. The average Bonchev–Trinajstić information content (AvgIpc) is 3.07. The van der Waals surface area contributed by atoms with Crippen molar-refractivity contribution in [2.24, 2.45) is 5.10 Å². The Labute approximate surface area is 198 Å². The van der Waals surface area contributed by atoms with Crippen molar-refractivity contribution in [1.82, 2.24) is 0 Å². The minimum absolute atomic E-state index is 0.0523. The fourth-order valence-corrected chi connectivity index (χ4v) is 3.50. The van der Waals surface area contributed by atoms with E-state index in [0.717, 1.165) is 5.01 Å². The van der Waals surface area contributed by atoms with Crippen molar-refractivity contribution in [3.63, 3.8) is 0 Å². The molecule has 1 aliphatic heterocycles. The number of carbonyl (C=O) groups excluding carboxylic acids is 2. The Balaban J connectivity index is 1.89. The summed E-state index contributed by atoms with van der Waals surface area (Å²) < 4.78 is 16.3. The van der Waals surface area contributed by atoms with Gasteiger partial charge in [0.1, 0.15) is 0 Å². The van der Waals surface area contributed by atoms with Crippen molar-refractivity contribution >= 4 is 51.3 Å². The van der Waals surface area contributed by atoms with Crippen molar-refractivity contribution in [3.8, 4) is 11.5 Å². The average molecular weight is 517 g/mol. The zero-order valence-electron chi connectivity index (χ0n) is 18.1. The summed E-state index contributed by atoms with van der Waals surface area (Å²) in [7, 11) is 1.46. The molecule has 2 aromatic carbocycles. The number of hydrogen-bond donors (Lipinski definition) is 1. The van der Waals surface area contributed by atoms with Crippen LogP contribution in [0.25, 0.3) is 6.08 Å². The molecule has 2 aromatic rings. The second-order valence-electron chi connectivity index (χ2n) is 6.83. The fraction of sp³-hybridized carbons (Fsp3) is 0.217. The highest BCUT2D eigenvalue weighted by molar-refractivity contribution is 9.10. The van der Waals surface area contributed by atoms with Crippen LogP contribution in [0, 0.1) is 0 Å². The molecule has 1 aliphatic rings. The minimum Gasteiger partial charge on any atom is -0.493 e. The number of carboxylic acid groups (broad SMARTS) is 1. The van der Waals surface area contributed by atoms with Gasteiger partial charge < -0.3 is 19.3 Å². The third kappa shape index (κ3) is 5.40. The number of anilines is 1. The summed E-state index contributed by atoms with van der Waals surface area (Å²) in [5.74, 6) is -1.31. The Hall–Kier alpha value is -3.66. The molecular weight excluding hydrogens is 496 g/mol. The predicted octanol–water partition coefficient (Wildman–Crippen LogP) is 3.90. The maximum absolute atomic E-state index is 13.0. The Bertz CT molecular complexity index is 1170. The monoisotopic (exact) mass is 516 g/mol. The molecule has 0 spiro atoms. The Kier molecular flexibility index (Phi) is 7.49. The van der Waals surface area contributed by atoms with Crippen LogP contribution in [-0.4, -0.2) is 49.0 Å². The third-order valence-electron chi connectivity index (χ3n) is 4.63. The second kappa shape index (κ2) is 10.3. The van der Waals surface area contributed by atoms with Crippen LogP contribution >= 0.6 is 15.9 Å². The van der Waals surface area contributed by atoms with Crippen LogP contribution < -0.4 is 14.5 Å². The predicted molar refractivity (Wildman–Crippen MR) is 125 cm³/mol. The van der Waals surface area contributed by atoms with Gasteiger partial charge in [-0.15, -0.1) is 0 Å². The van der Waals surface area contributed by atoms with Crippen molar-refractivity contribution in [1.29, 1.82) is 0 Å². The number of aromatic carboxylic acids is 1. The summed E-state index contributed by atoms with van der Waals surface area (Å²) in [4.78, 5) is 35.9. The van der Waals surface area contributed by atoms with Gasteiger partial charge in [-0.2, -0.15) is 10.1 Å². The van der Waals surface area contributed by atoms with Crippen LogP contribution in [0.4, 0.5) is 5.69 Å². The topological polar surface area (TPSA) is 115 Å². The van der Waals surface area contributed by atoms with Gasteiger partial charge in [0.25, 0.3) is 5.91 Å². The van der Waals surface area contributed by atoms with Gasteiger partial charge in [0, 0.05) is 4.47 Å². The van der Waals surface area contributed by atoms with E-state index in [-0.39, 0.29) is 18.8 Å². The van der Waals surface area contributed by atoms with E-state index in [1.54, 1.807) is 44.2 Å². The quantitative estimate of drug-likeness (QED) is 0.417. The zero-order chi connectivity index (χ0) is 24.1. The first kappa shape index (κ1) is 24.0. The molecule has 1 amide bonds. The summed E-state index contributed by atoms with van der Waals surface area (Å²) >= 11 is 3.45. The highest BCUT2D eigenvalue weighted by Gasteiger charge is 2.29. The van der Waals surface area contributed by atoms with Gasteiger partial charge in [0.05, 0.1) is 36.3 Å². The molecule has 0 unspecified atom stereocenters. The lowest BCUT2D eigenvalue weighted by atomic mass is 10.1. The van der Waals surface area contributed by atoms with Gasteiger partial charge in [0.2, 0.25) is 0 Å². The number of esters is 1. The molecule has 1 N–H and O–H groups in total. The van der Waals surface area contributed by atoms with Crippen molar-refractivity contribution in [2.75, 3.05) is 25.3 Å². The van der Waals surface area contributed by atoms with Gasteiger partial charge in [-0.25, -0.2) is 9.59 Å². The zero-order valence-corrected chi connectivity index (χ0v) is 19.7. The van der Waals surface area contributed by atoms with Gasteiger partial charge in [-0.05, 0) is 55.8 Å². The SMILES string of the molecule is CCOC(=O)COc1cc(Br)c(C=C2C(=O)N(c3cccc(C(=O)O)c3)N=C2C)cc1OC. The number of amides is 1. The van der Waals surface area contributed by atoms with E-state index in [1.165, 1.54) is 19.2 Å². The van der Waals surface area contributed by atoms with Crippen LogP contribution in [0.1, 0.15) is 29.8 Å². The maximum Gasteiger partial charge on any atom is 0.344 e. The van der Waals surface area contributed by atoms with Gasteiger partial charge in [-0.3, -0.25) is 4.79 Å². The molecule has 0 aromatic heterocycles. The molecule has 9 nitrogen and oxygen atoms in total. The molecule has 0 aliphatic carbocycles. The van der Waals surface area contributed by atoms with E-state index in [0.29, 0.717) is 38.5 Å². The normalized spacial score (nSPS) is 14.3. The molecule has 10 heteroatoms. The highest BCUT2D eigenvalue weighted by Crippen LogP contribution is 2.35. The van der Waals surface area contributed by atoms with Crippen molar-refractivity contribution < 1.29 is 33.7 Å². The van der Waals surface area contributed by atoms with Crippen LogP contribution in [0.5, 0.6) is 11.5 Å². The summed E-state index contributed by atoms with van der Waals surface area (Å²) in [6, 6.07) is 9.27. The summed E-state index contributed by atoms with van der Waals surface area (Å²) in [6.45, 7) is 3.37. The molecule has 0 saturated heterocycles. The first-order valence-electron chi connectivity index (χ1n) is 9.86. The summed E-state index contributed by atoms with van der Waals surface area (Å²) in [5, 5.41) is 14.7. The molecule has 3 rings (SSSR count). The van der Waals surface area contributed by atoms with E-state index >= 15 is 0 Å². The number of ether oxygens (including phenoxy) is 3. The summed E-state index contributed by atoms with van der Waals surface area (Å²) in [6.07, 6.45) is 1.64. The number of hydrazone groups is 1. The van der Waals surface area contributed by atoms with E-state index in [1.807, 2.05) is 0 Å². The second-order valence-corrected chi connectivity index (χ2v) is 7.69. The van der Waals surface area contributed by atoms with E-state index in [2.05, 4.69) is 21.0 Å². The smallest absolute Gasteiger partial charge is 0.344 e. The van der Waals surface area contributed by atoms with Crippen LogP contribution in [0.2, 0.25) is 0 Å². The standard InChI is InChI=1S/C23H21BrN2O7/c1-4-32-21(27)12-33-20-11-18(24)15(10-19(20)31-3)9-17-13(2)25-26(22(17)28)16-7-5-6-14(8-16)23(29)30/h5-11H,4,12H2,1-3H3,(H,29,30). The molecule has 33 heavy (non-hydrogen) atoms. The third-order valence-corrected chi connectivity index (χ3v) is 5.32. The van der Waals surface area contributed by atoms with Gasteiger partial charge in [-0.1, -0.05) is 22.0 Å². The number of methoxy groups -OCH3 is 1. The van der Waals surface area contributed by atoms with Crippen molar-refractivity contribution in [2.45, 2.75) is 13.8 Å². The first-order chi connectivity index (χ1) is 15.7. The lowest BCUT2D eigenvalue weighted by molar-refractivity contribution is -0.145. The molecule has 0 bridgehead atoms. The molecule has 0 saturated carbocycles. The van der Waals surface area contributed by atoms with Crippen molar-refractivity contribution in [3.05, 3.63) is 57.6 Å². The molecule has 0 atom stereocenters. The number of carbonyl (C=O) groups is 3. The first-order valence-corrected chi connectivity index (χ1v) is 10.7. The largest absolute Gasteiger partial charge is 0.493 e. The Morgan fingerprint density at radius 1 is 1.21 bits per heavy atom. The van der Waals surface area contributed by atoms with Crippen LogP contribution in [0.15, 0.2) is 51.5 Å². The number of nitrogens with zero attached hydrogens (tertiary/aromatic N) is 2. The Morgan fingerprint density at radius 3 is 2.64 bits per heavy atom. The van der Waals surface area contributed by atoms with Gasteiger partial charge >= 0.3 is 11.9 Å². The molecule has 0 radical (unpaired) electrons.